The van der Waals surface area contributed by atoms with Crippen LogP contribution in [0, 0.1) is 0 Å². The molecule has 6 heteroatoms. The van der Waals surface area contributed by atoms with Gasteiger partial charge in [0.25, 0.3) is 11.8 Å². The molecule has 2 aromatic rings. The average Bonchev–Trinajstić information content (AvgIpc) is 3.03. The SMILES string of the molecule is CN(CC(=O)Nc1ccc(C(=O)N2CCCCCC2)cc1)C(=O)c1ccccc1. The van der Waals surface area contributed by atoms with Crippen molar-refractivity contribution in [1.29, 1.82) is 0 Å². The number of anilines is 1. The van der Waals surface area contributed by atoms with Crippen molar-refractivity contribution in [2.45, 2.75) is 25.7 Å². The fraction of sp³-hybridized carbons (Fsp3) is 0.348. The molecule has 3 amide bonds. The van der Waals surface area contributed by atoms with Crippen LogP contribution in [0.2, 0.25) is 0 Å². The van der Waals surface area contributed by atoms with E-state index in [1.807, 2.05) is 11.0 Å². The number of carbonyl (C=O) groups is 3. The van der Waals surface area contributed by atoms with Crippen LogP contribution in [0.3, 0.4) is 0 Å². The van der Waals surface area contributed by atoms with Crippen LogP contribution in [0.25, 0.3) is 0 Å². The summed E-state index contributed by atoms with van der Waals surface area (Å²) in [6.07, 6.45) is 4.45. The van der Waals surface area contributed by atoms with Gasteiger partial charge in [0.05, 0.1) is 6.54 Å². The minimum atomic E-state index is -0.289. The normalized spacial score (nSPS) is 14.0. The third-order valence-electron chi connectivity index (χ3n) is 5.06. The summed E-state index contributed by atoms with van der Waals surface area (Å²) in [5.41, 5.74) is 1.77. The first-order chi connectivity index (χ1) is 14.0. The Hall–Kier alpha value is -3.15. The fourth-order valence-electron chi connectivity index (χ4n) is 3.44. The first kappa shape index (κ1) is 20.6. The van der Waals surface area contributed by atoms with Crippen molar-refractivity contribution in [3.8, 4) is 0 Å². The van der Waals surface area contributed by atoms with Crippen molar-refractivity contribution < 1.29 is 14.4 Å². The van der Waals surface area contributed by atoms with Crippen LogP contribution in [0.4, 0.5) is 5.69 Å². The molecule has 1 aliphatic heterocycles. The van der Waals surface area contributed by atoms with Crippen LogP contribution in [0.1, 0.15) is 46.4 Å². The quantitative estimate of drug-likeness (QED) is 0.846. The van der Waals surface area contributed by atoms with E-state index < -0.39 is 0 Å². The van der Waals surface area contributed by atoms with Gasteiger partial charge in [-0.3, -0.25) is 14.4 Å². The number of amides is 3. The van der Waals surface area contributed by atoms with E-state index in [9.17, 15) is 14.4 Å². The molecule has 152 valence electrons. The van der Waals surface area contributed by atoms with Gasteiger partial charge in [-0.05, 0) is 49.2 Å². The van der Waals surface area contributed by atoms with Crippen molar-refractivity contribution in [1.82, 2.24) is 9.80 Å². The molecule has 29 heavy (non-hydrogen) atoms. The second kappa shape index (κ2) is 9.87. The van der Waals surface area contributed by atoms with E-state index in [-0.39, 0.29) is 24.3 Å². The Bertz CT molecular complexity index is 841. The van der Waals surface area contributed by atoms with Crippen molar-refractivity contribution in [2.24, 2.45) is 0 Å². The topological polar surface area (TPSA) is 69.7 Å². The monoisotopic (exact) mass is 393 g/mol. The zero-order chi connectivity index (χ0) is 20.6. The number of benzene rings is 2. The van der Waals surface area contributed by atoms with Gasteiger partial charge < -0.3 is 15.1 Å². The molecular weight excluding hydrogens is 366 g/mol. The lowest BCUT2D eigenvalue weighted by Crippen LogP contribution is -2.35. The highest BCUT2D eigenvalue weighted by molar-refractivity contribution is 5.99. The minimum Gasteiger partial charge on any atom is -0.339 e. The third kappa shape index (κ3) is 5.67. The lowest BCUT2D eigenvalue weighted by atomic mass is 10.1. The molecule has 0 spiro atoms. The lowest BCUT2D eigenvalue weighted by Gasteiger charge is -2.20. The van der Waals surface area contributed by atoms with Crippen LogP contribution >= 0.6 is 0 Å². The predicted molar refractivity (Wildman–Crippen MR) is 113 cm³/mol. The van der Waals surface area contributed by atoms with Gasteiger partial charge in [-0.1, -0.05) is 31.0 Å². The van der Waals surface area contributed by atoms with E-state index in [1.165, 1.54) is 17.7 Å². The van der Waals surface area contributed by atoms with Crippen molar-refractivity contribution in [2.75, 3.05) is 32.0 Å². The molecule has 1 N–H and O–H groups in total. The van der Waals surface area contributed by atoms with E-state index in [0.717, 1.165) is 25.9 Å². The molecule has 3 rings (SSSR count). The van der Waals surface area contributed by atoms with Crippen LogP contribution in [0.5, 0.6) is 0 Å². The highest BCUT2D eigenvalue weighted by Gasteiger charge is 2.18. The standard InChI is InChI=1S/C23H27N3O3/c1-25(22(28)18-9-5-4-6-10-18)17-21(27)24-20-13-11-19(12-14-20)23(29)26-15-7-2-3-8-16-26/h4-6,9-14H,2-3,7-8,15-17H2,1H3,(H,24,27). The summed E-state index contributed by atoms with van der Waals surface area (Å²) in [6.45, 7) is 1.56. The number of nitrogens with zero attached hydrogens (tertiary/aromatic N) is 2. The summed E-state index contributed by atoms with van der Waals surface area (Å²) in [5.74, 6) is -0.458. The summed E-state index contributed by atoms with van der Waals surface area (Å²) >= 11 is 0. The molecule has 0 aliphatic carbocycles. The smallest absolute Gasteiger partial charge is 0.254 e. The van der Waals surface area contributed by atoms with Crippen LogP contribution in [0.15, 0.2) is 54.6 Å². The first-order valence-corrected chi connectivity index (χ1v) is 10.0. The highest BCUT2D eigenvalue weighted by atomic mass is 16.2. The summed E-state index contributed by atoms with van der Waals surface area (Å²) in [4.78, 5) is 40.5. The van der Waals surface area contributed by atoms with E-state index in [1.54, 1.807) is 55.6 Å². The number of hydrogen-bond acceptors (Lipinski definition) is 3. The second-order valence-electron chi connectivity index (χ2n) is 7.36. The predicted octanol–water partition coefficient (Wildman–Crippen LogP) is 3.41. The summed E-state index contributed by atoms with van der Waals surface area (Å²) < 4.78 is 0. The van der Waals surface area contributed by atoms with Crippen LogP contribution in [-0.4, -0.2) is 54.2 Å². The molecule has 0 radical (unpaired) electrons. The molecule has 1 fully saturated rings. The van der Waals surface area contributed by atoms with Gasteiger partial charge in [-0.15, -0.1) is 0 Å². The Labute approximate surface area is 171 Å². The van der Waals surface area contributed by atoms with Crippen LogP contribution < -0.4 is 5.32 Å². The summed E-state index contributed by atoms with van der Waals surface area (Å²) in [7, 11) is 1.60. The van der Waals surface area contributed by atoms with E-state index >= 15 is 0 Å². The molecule has 0 aromatic heterocycles. The fourth-order valence-corrected chi connectivity index (χ4v) is 3.44. The summed E-state index contributed by atoms with van der Waals surface area (Å²) in [6, 6.07) is 15.8. The number of nitrogens with one attached hydrogen (secondary N) is 1. The zero-order valence-corrected chi connectivity index (χ0v) is 16.8. The Morgan fingerprint density at radius 3 is 2.10 bits per heavy atom. The van der Waals surface area contributed by atoms with Crippen molar-refractivity contribution in [3.05, 3.63) is 65.7 Å². The second-order valence-corrected chi connectivity index (χ2v) is 7.36. The molecule has 2 aromatic carbocycles. The van der Waals surface area contributed by atoms with E-state index in [4.69, 9.17) is 0 Å². The number of likely N-dealkylation sites (tertiary alicyclic amines) is 1. The number of likely N-dealkylation sites (N-methyl/N-ethyl adjacent to an activating group) is 1. The molecule has 0 bridgehead atoms. The van der Waals surface area contributed by atoms with Crippen molar-refractivity contribution >= 4 is 23.4 Å². The Morgan fingerprint density at radius 1 is 0.862 bits per heavy atom. The largest absolute Gasteiger partial charge is 0.339 e. The van der Waals surface area contributed by atoms with Gasteiger partial charge in [0.15, 0.2) is 0 Å². The van der Waals surface area contributed by atoms with Gasteiger partial charge in [-0.25, -0.2) is 0 Å². The molecule has 1 aliphatic rings. The lowest BCUT2D eigenvalue weighted by molar-refractivity contribution is -0.116. The number of hydrogen-bond donors (Lipinski definition) is 1. The maximum Gasteiger partial charge on any atom is 0.254 e. The highest BCUT2D eigenvalue weighted by Crippen LogP contribution is 2.16. The zero-order valence-electron chi connectivity index (χ0n) is 16.8. The van der Waals surface area contributed by atoms with Crippen molar-refractivity contribution in [3.63, 3.8) is 0 Å². The molecule has 0 saturated carbocycles. The molecule has 0 unspecified atom stereocenters. The first-order valence-electron chi connectivity index (χ1n) is 10.0. The molecule has 6 nitrogen and oxygen atoms in total. The Kier molecular flexibility index (Phi) is 7.00. The van der Waals surface area contributed by atoms with Gasteiger partial charge in [-0.2, -0.15) is 0 Å². The van der Waals surface area contributed by atoms with Crippen LogP contribution in [-0.2, 0) is 4.79 Å². The van der Waals surface area contributed by atoms with E-state index in [0.29, 0.717) is 16.8 Å². The Morgan fingerprint density at radius 2 is 1.48 bits per heavy atom. The van der Waals surface area contributed by atoms with Gasteiger partial charge in [0.1, 0.15) is 0 Å². The molecule has 0 atom stereocenters. The Balaban J connectivity index is 1.54. The van der Waals surface area contributed by atoms with E-state index in [2.05, 4.69) is 5.32 Å². The third-order valence-corrected chi connectivity index (χ3v) is 5.06. The maximum absolute atomic E-state index is 12.6. The minimum absolute atomic E-state index is 0.0398. The van der Waals surface area contributed by atoms with Gasteiger partial charge in [0, 0.05) is 37.0 Å². The summed E-state index contributed by atoms with van der Waals surface area (Å²) in [5, 5.41) is 2.78. The molecule has 1 heterocycles. The molecule has 1 saturated heterocycles. The number of carbonyl (C=O) groups excluding carboxylic acids is 3. The van der Waals surface area contributed by atoms with Gasteiger partial charge in [0.2, 0.25) is 5.91 Å². The number of rotatable bonds is 5. The molecular formula is C23H27N3O3. The van der Waals surface area contributed by atoms with Gasteiger partial charge >= 0.3 is 0 Å². The maximum atomic E-state index is 12.6. The average molecular weight is 393 g/mol.